The van der Waals surface area contributed by atoms with Gasteiger partial charge in [0.1, 0.15) is 29.1 Å². The number of aromatic nitrogens is 4. The second-order valence-corrected chi connectivity index (χ2v) is 30.6. The number of likely N-dealkylation sites (N-methyl/N-ethyl adjacent to an activating group) is 3. The minimum atomic E-state index is -3.15. The molecule has 7 aliphatic rings. The molecule has 13 atom stereocenters. The average Bonchev–Trinajstić information content (AvgIpc) is 1.58. The summed E-state index contributed by atoms with van der Waals surface area (Å²) < 4.78 is 137. The van der Waals surface area contributed by atoms with Crippen molar-refractivity contribution in [3.8, 4) is 0 Å². The third-order valence-electron chi connectivity index (χ3n) is 23.0. The first-order valence-electron chi connectivity index (χ1n) is 39.4. The Morgan fingerprint density at radius 1 is 0.584 bits per heavy atom. The molecular weight excluding hydrogens is 1750 g/mol. The number of benzene rings is 4. The Labute approximate surface area is 801 Å². The topological polar surface area (TPSA) is 450 Å². The molecule has 4 aromatic heterocycles. The number of Topliss-reactive ketones (excluding diaryl/α,β-unsaturated/α-hetero) is 1. The van der Waals surface area contributed by atoms with Crippen LogP contribution >= 0.6 is 8.25 Å². The number of amides is 6. The number of rotatable bonds is 15. The van der Waals surface area contributed by atoms with E-state index >= 15 is 0 Å². The molecule has 125 heavy (non-hydrogen) atoms. The van der Waals surface area contributed by atoms with E-state index in [1.54, 1.807) is 90.3 Å². The number of hydrogen-bond acceptors (Lipinski definition) is 20. The number of nitrogens with one attached hydrogen (secondary N) is 3. The van der Waals surface area contributed by atoms with E-state index in [4.69, 9.17) is 31.3 Å². The van der Waals surface area contributed by atoms with E-state index in [0.29, 0.717) is 56.0 Å². The number of piperidine rings is 3. The number of hydrogen-bond donors (Lipinski definition) is 6. The first-order valence-corrected chi connectivity index (χ1v) is 56.5. The van der Waals surface area contributed by atoms with E-state index in [2.05, 4.69) is 40.6 Å². The molecule has 9 heterocycles. The van der Waals surface area contributed by atoms with E-state index < -0.39 is 149 Å². The number of aliphatic carboxylic acids is 1. The predicted molar refractivity (Wildman–Crippen MR) is 426 cm³/mol. The van der Waals surface area contributed by atoms with Crippen molar-refractivity contribution in [2.75, 3.05) is 30.3 Å². The van der Waals surface area contributed by atoms with Gasteiger partial charge in [0.25, 0.3) is 0 Å². The van der Waals surface area contributed by atoms with Gasteiger partial charge >= 0.3 is 129 Å². The Balaban J connectivity index is 0.000000219. The molecular formula is C84H86F9K3N12O16P-. The molecule has 41 heteroatoms. The van der Waals surface area contributed by atoms with Gasteiger partial charge in [-0.2, -0.15) is 0 Å². The van der Waals surface area contributed by atoms with Gasteiger partial charge in [-0.1, -0.05) is 42.5 Å². The zero-order chi connectivity index (χ0) is 90.5. The van der Waals surface area contributed by atoms with Crippen molar-refractivity contribution in [3.05, 3.63) is 247 Å². The zero-order valence-corrected chi connectivity index (χ0v) is 79.9. The van der Waals surface area contributed by atoms with E-state index in [1.165, 1.54) is 97.2 Å². The van der Waals surface area contributed by atoms with Gasteiger partial charge in [0, 0.05) is 157 Å². The molecule has 8 aromatic rings. The molecule has 0 saturated carbocycles. The summed E-state index contributed by atoms with van der Waals surface area (Å²) in [6.45, 7) is 12.7. The van der Waals surface area contributed by atoms with E-state index in [1.807, 2.05) is 30.3 Å². The summed E-state index contributed by atoms with van der Waals surface area (Å²) in [6.07, 6.45) is 8.01. The summed E-state index contributed by atoms with van der Waals surface area (Å²) in [5, 5.41) is 36.3. The van der Waals surface area contributed by atoms with E-state index in [-0.39, 0.29) is 153 Å². The van der Waals surface area contributed by atoms with E-state index in [0.717, 1.165) is 75.6 Å². The van der Waals surface area contributed by atoms with Crippen LogP contribution in [-0.2, 0) is 85.7 Å². The van der Waals surface area contributed by atoms with Gasteiger partial charge < -0.3 is 72.8 Å². The molecule has 6 amide bonds. The van der Waals surface area contributed by atoms with Crippen molar-refractivity contribution >= 4 is 136 Å². The Morgan fingerprint density at radius 3 is 1.32 bits per heavy atom. The van der Waals surface area contributed by atoms with Crippen LogP contribution in [0.3, 0.4) is 0 Å². The number of fused-ring (bicyclic) bond motifs is 6. The number of carbonyl (C=O) groups excluding carboxylic acids is 8. The minimum absolute atomic E-state index is 0. The van der Waals surface area contributed by atoms with Crippen molar-refractivity contribution in [1.82, 2.24) is 40.0 Å². The number of anilines is 2. The molecule has 2 spiro atoms. The molecule has 3 saturated heterocycles. The van der Waals surface area contributed by atoms with Crippen LogP contribution in [-0.4, -0.2) is 217 Å². The number of aromatic carboxylic acids is 1. The molecule has 0 radical (unpaired) electrons. The Hall–Kier alpha value is -6.95. The molecule has 4 aromatic carbocycles. The van der Waals surface area contributed by atoms with Gasteiger partial charge in [0.2, 0.25) is 35.4 Å². The van der Waals surface area contributed by atoms with Crippen molar-refractivity contribution in [2.45, 2.75) is 171 Å². The van der Waals surface area contributed by atoms with Crippen LogP contribution in [0, 0.1) is 58.3 Å². The number of likely N-dealkylation sites (tertiary alicyclic amines) is 3. The van der Waals surface area contributed by atoms with Crippen LogP contribution < -0.4 is 94.1 Å². The number of carboxylic acids is 2. The maximum absolute atomic E-state index is 14.8. The Bertz CT molecular complexity index is 5270. The van der Waals surface area contributed by atoms with Crippen LogP contribution in [0.2, 0.25) is 0 Å². The van der Waals surface area contributed by atoms with Crippen LogP contribution in [0.5, 0.6) is 0 Å². The average molecular weight is 1840 g/mol. The molecule has 0 bridgehead atoms. The van der Waals surface area contributed by atoms with Crippen molar-refractivity contribution in [1.29, 1.82) is 0 Å². The quantitative estimate of drug-likeness (QED) is 0.0163. The zero-order valence-electron chi connectivity index (χ0n) is 69.7. The SMILES string of the molecule is CC(=O)NC(Cc1ccccc1)C(=O)[O-].CCN1C(=O)[C@@H](CC(=O)c2cnc3c(c2)C[C@@]2(C3)C(=O)Nc3ncccc32)C[C@@H](c2c(F)ccc(F)c2F)[C@H]1C.CCN1C(=O)[C@@H](N)C[C@@H](c2c(F)ccc(F)c2F)[C@H]1C.CCN1C(=O)[C@@H](N)C[C@@H](c2c(F)ccc(F)c2F)[C@H]1C.O.O=C(O)c1cnc2c(c1)C[C@@]1(C2)C(=O)Nc2ncccc21.O=[P+]([O-])O[O-].[K+].[K][K]. The van der Waals surface area contributed by atoms with Crippen molar-refractivity contribution < 1.29 is 169 Å². The molecule has 3 fully saturated rings. The third-order valence-corrected chi connectivity index (χ3v) is 23.1. The number of nitrogens with zero attached hydrogens (tertiary/aromatic N) is 7. The van der Waals surface area contributed by atoms with E-state index in [9.17, 15) is 87.8 Å². The summed E-state index contributed by atoms with van der Waals surface area (Å²) in [6, 6.07) is 20.6. The van der Waals surface area contributed by atoms with Gasteiger partial charge in [-0.15, -0.1) is 0 Å². The standard InChI is InChI=1S/C30H27F3N4O3.C15H11N3O3.2C14H17F3N2O.C11H13NO3.3K.HO4P.H2O/c1-3-37-15(2)19(25-21(31)6-7-22(32)26(25)33)10-16(28(37)39)11-24(38)18-9-17-12-30(13-23(17)35-14-18)20-5-4-8-34-27(20)36-29(30)40;19-13(20)9-4-8-5-15(6-11(8)17-7-9)10-2-1-3-16-12(10)18-14(15)21;2*1-3-19-7(2)8(6-11(18)14(19)20)12-9(15)4-5-10(16)13(12)17;1-8(13)12-10(11(14)15)7-9-5-3-2-4-6-9;;;;1-4-5(2)3;/h4-9,14-16,19H,3,10-13H2,1-2H3,(H,34,36,40);1-4,7H,5-6H2,(H,19,20)(H,16,18,21);2*4-5,7-8,11H,3,6,18H2,1-2H3;2-6,10H,7H2,1H3,(H,12,13)(H,14,15);;;;1H;1H2/q;;;;;;;+1;;/p-2/t15-,16-,19-,30+;15-;2*7-,8-,11+;;;;;;/m1011....../s1. The van der Waals surface area contributed by atoms with Crippen LogP contribution in [0.1, 0.15) is 169 Å². The molecule has 5 aliphatic heterocycles. The van der Waals surface area contributed by atoms with Gasteiger partial charge in [-0.25, -0.2) is 59.0 Å². The molecule has 2 aliphatic carbocycles. The second-order valence-electron chi connectivity index (χ2n) is 30.0. The number of halogens is 9. The Kier molecular flexibility index (Phi) is 39.1. The molecule has 2 unspecified atom stereocenters. The number of ketones is 1. The first kappa shape index (κ1) is 105. The fourth-order valence-corrected chi connectivity index (χ4v) is 17.0. The van der Waals surface area contributed by atoms with Crippen molar-refractivity contribution in [3.63, 3.8) is 0 Å². The molecule has 10 N–H and O–H groups in total. The Morgan fingerprint density at radius 2 is 0.952 bits per heavy atom. The summed E-state index contributed by atoms with van der Waals surface area (Å²) >= 11 is 2.50. The van der Waals surface area contributed by atoms with Crippen LogP contribution in [0.25, 0.3) is 0 Å². The third kappa shape index (κ3) is 23.6. The first-order chi connectivity index (χ1) is 58.4. The van der Waals surface area contributed by atoms with Gasteiger partial charge in [-0.3, -0.25) is 43.5 Å². The fraction of sp³-hybridized carbons (Fsp3) is 0.369. The number of carbonyl (C=O) groups is 9. The van der Waals surface area contributed by atoms with Crippen molar-refractivity contribution in [2.24, 2.45) is 17.4 Å². The number of nitrogens with two attached hydrogens (primary N) is 2. The molecule has 28 nitrogen and oxygen atoms in total. The van der Waals surface area contributed by atoms with Crippen LogP contribution in [0.15, 0.2) is 128 Å². The maximum atomic E-state index is 14.8. The van der Waals surface area contributed by atoms with Gasteiger partial charge in [-0.05, 0) is 162 Å². The molecule has 15 rings (SSSR count). The monoisotopic (exact) mass is 1840 g/mol. The summed E-state index contributed by atoms with van der Waals surface area (Å²) in [4.78, 5) is 139. The normalized spacial score (nSPS) is 22.3. The summed E-state index contributed by atoms with van der Waals surface area (Å²) in [5.74, 6) is -15.3. The van der Waals surface area contributed by atoms with Gasteiger partial charge in [0.05, 0.1) is 40.5 Å². The van der Waals surface area contributed by atoms with Crippen LogP contribution in [0.4, 0.5) is 51.1 Å². The summed E-state index contributed by atoms with van der Waals surface area (Å²) in [5.41, 5.74) is 15.0. The fourth-order valence-electron chi connectivity index (χ4n) is 17.0. The summed E-state index contributed by atoms with van der Waals surface area (Å²) in [7, 11) is -3.15. The van der Waals surface area contributed by atoms with Gasteiger partial charge in [0.15, 0.2) is 40.7 Å². The predicted octanol–water partition coefficient (Wildman–Crippen LogP) is 3.17. The second kappa shape index (κ2) is 46.5. The number of carboxylic acid groups (broad SMARTS) is 2. The molecule has 650 valence electrons. The number of pyridine rings is 4.